The number of carbonyl (C=O) groups excluding carboxylic acids is 2. The zero-order valence-corrected chi connectivity index (χ0v) is 14.0. The minimum absolute atomic E-state index is 0.000558. The van der Waals surface area contributed by atoms with Crippen LogP contribution in [0, 0.1) is 0 Å². The van der Waals surface area contributed by atoms with E-state index in [1.165, 1.54) is 25.8 Å². The number of rotatable bonds is 10. The molecule has 0 aliphatic rings. The molecule has 0 saturated carbocycles. The fourth-order valence-corrected chi connectivity index (χ4v) is 4.18. The van der Waals surface area contributed by atoms with E-state index in [-0.39, 0.29) is 22.1 Å². The largest absolute Gasteiger partial charge is 0.469 e. The monoisotopic (exact) mass is 344 g/mol. The van der Waals surface area contributed by atoms with Gasteiger partial charge in [-0.25, -0.2) is 0 Å². The fraction of sp³-hybridized carbons (Fsp3) is 0.818. The van der Waals surface area contributed by atoms with Crippen LogP contribution < -0.4 is 0 Å². The first-order chi connectivity index (χ1) is 9.24. The first kappa shape index (κ1) is 19.8. The molecule has 0 saturated heterocycles. The Balaban J connectivity index is 4.02. The molecule has 1 unspecified atom stereocenters. The molecule has 20 heavy (non-hydrogen) atoms. The van der Waals surface area contributed by atoms with Crippen LogP contribution in [0.3, 0.4) is 0 Å². The normalized spacial score (nSPS) is 12.9. The van der Waals surface area contributed by atoms with Gasteiger partial charge in [0.1, 0.15) is 0 Å². The van der Waals surface area contributed by atoms with Crippen LogP contribution in [0.4, 0.5) is 0 Å². The number of hydrogen-bond donors (Lipinski definition) is 1. The number of esters is 1. The Morgan fingerprint density at radius 3 is 2.40 bits per heavy atom. The van der Waals surface area contributed by atoms with Crippen molar-refractivity contribution in [1.29, 1.82) is 0 Å². The van der Waals surface area contributed by atoms with Crippen molar-refractivity contribution in [2.45, 2.75) is 44.3 Å². The predicted octanol–water partition coefficient (Wildman–Crippen LogP) is 2.29. The van der Waals surface area contributed by atoms with Gasteiger partial charge in [0.15, 0.2) is 5.12 Å². The summed E-state index contributed by atoms with van der Waals surface area (Å²) < 4.78 is 34.3. The van der Waals surface area contributed by atoms with Gasteiger partial charge in [-0.05, 0) is 30.1 Å². The summed E-state index contributed by atoms with van der Waals surface area (Å²) in [6.45, 7) is 1.46. The summed E-state index contributed by atoms with van der Waals surface area (Å²) in [5.74, 6) is -0.0245. The summed E-state index contributed by atoms with van der Waals surface area (Å²) in [4.78, 5) is 22.1. The third-order valence-corrected chi connectivity index (χ3v) is 5.62. The Kier molecular flexibility index (Phi) is 10.3. The lowest BCUT2D eigenvalue weighted by atomic mass is 10.1. The molecule has 0 heterocycles. The van der Waals surface area contributed by atoms with Crippen LogP contribution in [-0.2, 0) is 23.5 Å². The van der Waals surface area contributed by atoms with Gasteiger partial charge in [-0.15, -0.1) is 0 Å². The van der Waals surface area contributed by atoms with Crippen LogP contribution in [0.2, 0.25) is 0 Å². The molecule has 0 spiro atoms. The molecule has 118 valence electrons. The smallest absolute Gasteiger partial charge is 0.319 e. The summed E-state index contributed by atoms with van der Waals surface area (Å²) in [6.07, 6.45) is 3.00. The standard InChI is InChI=1S/C11H20O6S3/c1-9(12)19-10(7-8-18-20(14,15)16)5-3-4-6-11(13)17-2/h10H,3-8H2,1-2H3,(H,14,15,16). The molecule has 1 N–H and O–H groups in total. The van der Waals surface area contributed by atoms with E-state index in [9.17, 15) is 18.0 Å². The van der Waals surface area contributed by atoms with Crippen LogP contribution >= 0.6 is 22.6 Å². The lowest BCUT2D eigenvalue weighted by Gasteiger charge is -2.13. The highest BCUT2D eigenvalue weighted by Gasteiger charge is 2.14. The van der Waals surface area contributed by atoms with Crippen molar-refractivity contribution in [3.8, 4) is 0 Å². The van der Waals surface area contributed by atoms with Gasteiger partial charge in [0.2, 0.25) is 0 Å². The van der Waals surface area contributed by atoms with Crippen molar-refractivity contribution in [3.05, 3.63) is 0 Å². The van der Waals surface area contributed by atoms with Gasteiger partial charge in [-0.3, -0.25) is 14.1 Å². The van der Waals surface area contributed by atoms with E-state index in [2.05, 4.69) is 4.74 Å². The second-order valence-corrected chi connectivity index (χ2v) is 9.04. The third kappa shape index (κ3) is 12.8. The highest BCUT2D eigenvalue weighted by atomic mass is 33.1. The van der Waals surface area contributed by atoms with Gasteiger partial charge >= 0.3 is 15.1 Å². The lowest BCUT2D eigenvalue weighted by molar-refractivity contribution is -0.140. The number of methoxy groups -OCH3 is 1. The molecule has 1 atom stereocenters. The quantitative estimate of drug-likeness (QED) is 0.279. The van der Waals surface area contributed by atoms with Crippen LogP contribution in [0.15, 0.2) is 0 Å². The second-order valence-electron chi connectivity index (χ2n) is 4.09. The SMILES string of the molecule is COC(=O)CCCCC(CCSS(=O)(=O)O)SC(C)=O. The average molecular weight is 344 g/mol. The minimum Gasteiger partial charge on any atom is -0.469 e. The minimum atomic E-state index is -4.03. The van der Waals surface area contributed by atoms with E-state index >= 15 is 0 Å². The highest BCUT2D eigenvalue weighted by molar-refractivity contribution is 8.69. The Morgan fingerprint density at radius 1 is 1.25 bits per heavy atom. The number of unbranched alkanes of at least 4 members (excludes halogenated alkanes) is 1. The third-order valence-electron chi connectivity index (χ3n) is 2.39. The van der Waals surface area contributed by atoms with Crippen LogP contribution in [0.5, 0.6) is 0 Å². The maximum absolute atomic E-state index is 11.1. The van der Waals surface area contributed by atoms with Gasteiger partial charge < -0.3 is 4.74 Å². The van der Waals surface area contributed by atoms with Crippen molar-refractivity contribution >= 4 is 42.8 Å². The Labute approximate surface area is 127 Å². The van der Waals surface area contributed by atoms with E-state index in [1.807, 2.05) is 0 Å². The lowest BCUT2D eigenvalue weighted by Crippen LogP contribution is -2.08. The summed E-state index contributed by atoms with van der Waals surface area (Å²) >= 11 is 1.17. The van der Waals surface area contributed by atoms with E-state index in [0.29, 0.717) is 36.5 Å². The molecule has 0 bridgehead atoms. The molecular weight excluding hydrogens is 324 g/mol. The first-order valence-electron chi connectivity index (χ1n) is 6.10. The number of ether oxygens (including phenoxy) is 1. The molecule has 6 nitrogen and oxygen atoms in total. The predicted molar refractivity (Wildman–Crippen MR) is 81.2 cm³/mol. The maximum Gasteiger partial charge on any atom is 0.319 e. The highest BCUT2D eigenvalue weighted by Crippen LogP contribution is 2.24. The van der Waals surface area contributed by atoms with Gasteiger partial charge in [0, 0.05) is 24.3 Å². The van der Waals surface area contributed by atoms with Crippen molar-refractivity contribution in [1.82, 2.24) is 0 Å². The van der Waals surface area contributed by atoms with E-state index in [4.69, 9.17) is 4.55 Å². The summed E-state index contributed by atoms with van der Waals surface area (Å²) in [7, 11) is -2.22. The molecule has 0 amide bonds. The fourth-order valence-electron chi connectivity index (χ4n) is 1.53. The summed E-state index contributed by atoms with van der Waals surface area (Å²) in [5.41, 5.74) is 0. The van der Waals surface area contributed by atoms with E-state index in [1.54, 1.807) is 0 Å². The Hall–Kier alpha value is -0.250. The average Bonchev–Trinajstić information content (AvgIpc) is 2.31. The van der Waals surface area contributed by atoms with Gasteiger partial charge in [0.05, 0.1) is 7.11 Å². The molecule has 9 heteroatoms. The summed E-state index contributed by atoms with van der Waals surface area (Å²) in [5, 5.41) is -0.0285. The number of carbonyl (C=O) groups is 2. The molecule has 0 rings (SSSR count). The molecule has 0 aliphatic carbocycles. The molecule has 0 fully saturated rings. The molecule has 0 aromatic heterocycles. The second kappa shape index (κ2) is 10.5. The zero-order chi connectivity index (χ0) is 15.6. The summed E-state index contributed by atoms with van der Waals surface area (Å²) in [6, 6.07) is 0. The van der Waals surface area contributed by atoms with Crippen molar-refractivity contribution in [2.24, 2.45) is 0 Å². The number of hydrogen-bond acceptors (Lipinski definition) is 7. The first-order valence-corrected chi connectivity index (χ1v) is 9.92. The Bertz CT molecular complexity index is 406. The number of thioether (sulfide) groups is 1. The molecule has 0 aromatic rings. The maximum atomic E-state index is 11.1. The molecule has 0 aliphatic heterocycles. The van der Waals surface area contributed by atoms with Gasteiger partial charge in [0.25, 0.3) is 0 Å². The molecular formula is C11H20O6S3. The zero-order valence-electron chi connectivity index (χ0n) is 11.5. The topological polar surface area (TPSA) is 97.7 Å². The Morgan fingerprint density at radius 2 is 1.90 bits per heavy atom. The van der Waals surface area contributed by atoms with E-state index in [0.717, 1.165) is 6.42 Å². The van der Waals surface area contributed by atoms with Crippen molar-refractivity contribution < 1.29 is 27.3 Å². The van der Waals surface area contributed by atoms with Crippen molar-refractivity contribution in [2.75, 3.05) is 12.9 Å². The van der Waals surface area contributed by atoms with Gasteiger partial charge in [-0.1, -0.05) is 18.2 Å². The van der Waals surface area contributed by atoms with Crippen LogP contribution in [0.1, 0.15) is 39.0 Å². The van der Waals surface area contributed by atoms with Crippen molar-refractivity contribution in [3.63, 3.8) is 0 Å². The van der Waals surface area contributed by atoms with Crippen LogP contribution in [-0.4, -0.2) is 42.2 Å². The van der Waals surface area contributed by atoms with E-state index < -0.39 is 9.15 Å². The molecule has 0 radical (unpaired) electrons. The molecule has 0 aromatic carbocycles. The van der Waals surface area contributed by atoms with Gasteiger partial charge in [-0.2, -0.15) is 8.42 Å². The van der Waals surface area contributed by atoms with Crippen LogP contribution in [0.25, 0.3) is 0 Å².